The molecule has 0 bridgehead atoms. The second kappa shape index (κ2) is 6.58. The summed E-state index contributed by atoms with van der Waals surface area (Å²) in [6.45, 7) is 0. The molecule has 2 N–H and O–H groups in total. The van der Waals surface area contributed by atoms with Gasteiger partial charge in [-0.3, -0.25) is 24.8 Å². The van der Waals surface area contributed by atoms with Crippen molar-refractivity contribution in [2.24, 2.45) is 0 Å². The first-order valence-corrected chi connectivity index (χ1v) is 10.3. The molecule has 0 aliphatic carbocycles. The SMILES string of the molecule is CS(=O)(=O)c1nc(C(=O)NNC(=O)c2ccc(Br)s2)c2ccccn12. The summed E-state index contributed by atoms with van der Waals surface area (Å²) in [5.74, 6) is -1.21. The number of sulfone groups is 1. The van der Waals surface area contributed by atoms with Gasteiger partial charge in [0.05, 0.1) is 14.2 Å². The number of rotatable bonds is 3. The normalized spacial score (nSPS) is 11.4. The van der Waals surface area contributed by atoms with Crippen molar-refractivity contribution >= 4 is 54.4 Å². The zero-order valence-corrected chi connectivity index (χ0v) is 15.9. The molecule has 0 fully saturated rings. The number of amides is 2. The van der Waals surface area contributed by atoms with E-state index in [4.69, 9.17) is 0 Å². The van der Waals surface area contributed by atoms with E-state index in [2.05, 4.69) is 31.8 Å². The number of aromatic nitrogens is 2. The van der Waals surface area contributed by atoms with Gasteiger partial charge < -0.3 is 0 Å². The van der Waals surface area contributed by atoms with E-state index in [0.29, 0.717) is 10.4 Å². The lowest BCUT2D eigenvalue weighted by molar-refractivity contribution is 0.0847. The fraction of sp³-hybridized carbons (Fsp3) is 0.0714. The molecule has 8 nitrogen and oxygen atoms in total. The van der Waals surface area contributed by atoms with Crippen molar-refractivity contribution in [3.05, 3.63) is 50.9 Å². The van der Waals surface area contributed by atoms with Crippen LogP contribution in [0.2, 0.25) is 0 Å². The summed E-state index contributed by atoms with van der Waals surface area (Å²) in [5.41, 5.74) is 4.73. The van der Waals surface area contributed by atoms with Gasteiger partial charge in [-0.2, -0.15) is 0 Å². The van der Waals surface area contributed by atoms with Crippen LogP contribution < -0.4 is 10.9 Å². The number of halogens is 1. The number of nitrogens with one attached hydrogen (secondary N) is 2. The topological polar surface area (TPSA) is 110 Å². The van der Waals surface area contributed by atoms with Crippen LogP contribution >= 0.6 is 27.3 Å². The Morgan fingerprint density at radius 1 is 1.16 bits per heavy atom. The van der Waals surface area contributed by atoms with Crippen LogP contribution in [0.15, 0.2) is 45.5 Å². The van der Waals surface area contributed by atoms with E-state index >= 15 is 0 Å². The summed E-state index contributed by atoms with van der Waals surface area (Å²) in [6, 6.07) is 8.16. The average Bonchev–Trinajstić information content (AvgIpc) is 3.15. The highest BCUT2D eigenvalue weighted by Crippen LogP contribution is 2.21. The van der Waals surface area contributed by atoms with Crippen LogP contribution in [0.5, 0.6) is 0 Å². The Bertz CT molecular complexity index is 1090. The maximum Gasteiger partial charge on any atom is 0.290 e. The monoisotopic (exact) mass is 442 g/mol. The van der Waals surface area contributed by atoms with E-state index in [0.717, 1.165) is 10.0 Å². The largest absolute Gasteiger partial charge is 0.290 e. The molecule has 0 saturated carbocycles. The van der Waals surface area contributed by atoms with Gasteiger partial charge in [-0.25, -0.2) is 13.4 Å². The van der Waals surface area contributed by atoms with E-state index in [1.165, 1.54) is 21.9 Å². The number of nitrogens with zero attached hydrogens (tertiary/aromatic N) is 2. The molecule has 2 amide bonds. The minimum absolute atomic E-state index is 0.103. The highest BCUT2D eigenvalue weighted by atomic mass is 79.9. The summed E-state index contributed by atoms with van der Waals surface area (Å²) in [6.07, 6.45) is 2.50. The molecular formula is C14H11BrN4O4S2. The van der Waals surface area contributed by atoms with E-state index in [1.807, 2.05) is 0 Å². The Morgan fingerprint density at radius 2 is 1.88 bits per heavy atom. The number of imidazole rings is 1. The molecular weight excluding hydrogens is 432 g/mol. The van der Waals surface area contributed by atoms with Gasteiger partial charge in [-0.15, -0.1) is 11.3 Å². The van der Waals surface area contributed by atoms with Gasteiger partial charge in [-0.05, 0) is 40.2 Å². The third-order valence-corrected chi connectivity index (χ3v) is 5.72. The number of hydrogen-bond donors (Lipinski definition) is 2. The fourth-order valence-electron chi connectivity index (χ4n) is 2.11. The van der Waals surface area contributed by atoms with Gasteiger partial charge in [0.1, 0.15) is 0 Å². The molecule has 0 saturated heterocycles. The maximum absolute atomic E-state index is 12.3. The molecule has 0 unspecified atom stereocenters. The first-order valence-electron chi connectivity index (χ1n) is 6.80. The smallest absolute Gasteiger partial charge is 0.290 e. The first-order chi connectivity index (χ1) is 11.8. The van der Waals surface area contributed by atoms with Gasteiger partial charge in [0.25, 0.3) is 11.8 Å². The minimum Gasteiger partial charge on any atom is -0.290 e. The van der Waals surface area contributed by atoms with Crippen molar-refractivity contribution in [3.63, 3.8) is 0 Å². The van der Waals surface area contributed by atoms with Gasteiger partial charge in [0.2, 0.25) is 15.0 Å². The Labute approximate surface area is 154 Å². The summed E-state index contributed by atoms with van der Waals surface area (Å²) in [4.78, 5) is 28.6. The lowest BCUT2D eigenvalue weighted by Crippen LogP contribution is -2.41. The molecule has 3 aromatic heterocycles. The number of carbonyl (C=O) groups is 2. The van der Waals surface area contributed by atoms with Crippen LogP contribution in [-0.2, 0) is 9.84 Å². The molecule has 3 heterocycles. The molecule has 0 aromatic carbocycles. The predicted octanol–water partition coefficient (Wildman–Crippen LogP) is 1.64. The minimum atomic E-state index is -3.63. The van der Waals surface area contributed by atoms with Gasteiger partial charge in [0, 0.05) is 12.5 Å². The summed E-state index contributed by atoms with van der Waals surface area (Å²) >= 11 is 4.45. The van der Waals surface area contributed by atoms with Crippen molar-refractivity contribution in [2.75, 3.05) is 6.26 Å². The molecule has 0 radical (unpaired) electrons. The molecule has 3 rings (SSSR count). The average molecular weight is 443 g/mol. The van der Waals surface area contributed by atoms with E-state index < -0.39 is 21.7 Å². The van der Waals surface area contributed by atoms with Crippen molar-refractivity contribution in [1.82, 2.24) is 20.2 Å². The van der Waals surface area contributed by atoms with Crippen molar-refractivity contribution in [3.8, 4) is 0 Å². The van der Waals surface area contributed by atoms with Crippen LogP contribution in [0.4, 0.5) is 0 Å². The molecule has 3 aromatic rings. The molecule has 0 aliphatic heterocycles. The number of fused-ring (bicyclic) bond motifs is 1. The number of carbonyl (C=O) groups excluding carboxylic acids is 2. The van der Waals surface area contributed by atoms with Gasteiger partial charge in [-0.1, -0.05) is 6.07 Å². The number of thiophene rings is 1. The third kappa shape index (κ3) is 3.57. The Hall–Kier alpha value is -2.24. The second-order valence-electron chi connectivity index (χ2n) is 4.98. The molecule has 25 heavy (non-hydrogen) atoms. The zero-order chi connectivity index (χ0) is 18.2. The Balaban J connectivity index is 1.86. The molecule has 0 spiro atoms. The van der Waals surface area contributed by atoms with E-state index in [9.17, 15) is 18.0 Å². The summed E-state index contributed by atoms with van der Waals surface area (Å²) < 4.78 is 25.8. The molecule has 0 aliphatic rings. The number of hydrazine groups is 1. The van der Waals surface area contributed by atoms with Crippen molar-refractivity contribution in [2.45, 2.75) is 5.16 Å². The summed E-state index contributed by atoms with van der Waals surface area (Å²) in [5, 5.41) is -0.248. The van der Waals surface area contributed by atoms with Crippen LogP contribution in [0.1, 0.15) is 20.2 Å². The van der Waals surface area contributed by atoms with E-state index in [-0.39, 0.29) is 10.9 Å². The third-order valence-electron chi connectivity index (χ3n) is 3.15. The number of pyridine rings is 1. The Kier molecular flexibility index (Phi) is 4.62. The standard InChI is InChI=1S/C14H11BrN4O4S2/c1-25(22,23)14-16-11(8-4-2-3-7-19(8)14)13(21)18-17-12(20)9-5-6-10(15)24-9/h2-7H,1H3,(H,17,20)(H,18,21). The van der Waals surface area contributed by atoms with Gasteiger partial charge >= 0.3 is 0 Å². The predicted molar refractivity (Wildman–Crippen MR) is 95.3 cm³/mol. The van der Waals surface area contributed by atoms with Crippen LogP contribution in [0.3, 0.4) is 0 Å². The molecule has 0 atom stereocenters. The number of hydrogen-bond acceptors (Lipinski definition) is 6. The van der Waals surface area contributed by atoms with Crippen molar-refractivity contribution in [1.29, 1.82) is 0 Å². The van der Waals surface area contributed by atoms with E-state index in [1.54, 1.807) is 30.3 Å². The maximum atomic E-state index is 12.3. The van der Waals surface area contributed by atoms with Crippen LogP contribution in [-0.4, -0.2) is 35.9 Å². The van der Waals surface area contributed by atoms with Crippen LogP contribution in [0, 0.1) is 0 Å². The quantitative estimate of drug-likeness (QED) is 0.599. The highest BCUT2D eigenvalue weighted by Gasteiger charge is 2.23. The second-order valence-corrected chi connectivity index (χ2v) is 9.36. The fourth-order valence-corrected chi connectivity index (χ4v) is 4.16. The lowest BCUT2D eigenvalue weighted by Gasteiger charge is -2.04. The molecule has 11 heteroatoms. The van der Waals surface area contributed by atoms with Crippen molar-refractivity contribution < 1.29 is 18.0 Å². The molecule has 130 valence electrons. The van der Waals surface area contributed by atoms with Gasteiger partial charge in [0.15, 0.2) is 5.69 Å². The zero-order valence-electron chi connectivity index (χ0n) is 12.7. The first kappa shape index (κ1) is 17.6. The summed E-state index contributed by atoms with van der Waals surface area (Å²) in [7, 11) is -3.63. The Morgan fingerprint density at radius 3 is 2.52 bits per heavy atom. The lowest BCUT2D eigenvalue weighted by atomic mass is 10.3. The van der Waals surface area contributed by atoms with Crippen LogP contribution in [0.25, 0.3) is 5.52 Å². The highest BCUT2D eigenvalue weighted by molar-refractivity contribution is 9.11.